The molecule has 5 N–H and O–H groups in total. The molecule has 1 aromatic heterocycles. The Morgan fingerprint density at radius 1 is 0.658 bits per heavy atom. The van der Waals surface area contributed by atoms with Crippen LogP contribution < -0.4 is 11.5 Å². The van der Waals surface area contributed by atoms with Crippen LogP contribution in [0.25, 0.3) is 22.3 Å². The van der Waals surface area contributed by atoms with Gasteiger partial charge in [0.05, 0.1) is 34.3 Å². The molecule has 5 aromatic rings. The normalized spacial score (nSPS) is 8.95. The number of nitrogens with zero attached hydrogens (tertiary/aromatic N) is 2. The largest absolute Gasteiger partial charge is 0.397 e. The molecule has 0 saturated heterocycles. The summed E-state index contributed by atoms with van der Waals surface area (Å²) in [5.41, 5.74) is 16.5. The number of rotatable bonds is 3. The first-order valence-electron chi connectivity index (χ1n) is 12.5. The summed E-state index contributed by atoms with van der Waals surface area (Å²) < 4.78 is 0. The van der Waals surface area contributed by atoms with E-state index in [0.717, 1.165) is 22.3 Å². The van der Waals surface area contributed by atoms with E-state index >= 15 is 0 Å². The highest BCUT2D eigenvalue weighted by Gasteiger charge is 2.04. The summed E-state index contributed by atoms with van der Waals surface area (Å²) in [5.74, 6) is -0.361. The van der Waals surface area contributed by atoms with Crippen LogP contribution in [0.15, 0.2) is 115 Å². The van der Waals surface area contributed by atoms with Gasteiger partial charge in [0.15, 0.2) is 0 Å². The second-order valence-corrected chi connectivity index (χ2v) is 7.10. The number of Topliss-reactive ketones (excluding diaryl/α,β-unsaturated/α-hetero) is 1. The molecule has 0 aliphatic heterocycles. The fourth-order valence-electron chi connectivity index (χ4n) is 2.89. The summed E-state index contributed by atoms with van der Waals surface area (Å²) in [4.78, 5) is 28.0. The van der Waals surface area contributed by atoms with Crippen LogP contribution in [0.4, 0.5) is 11.4 Å². The zero-order valence-corrected chi connectivity index (χ0v) is 22.5. The number of carbonyl (C=O) groups is 1. The number of fused-ring (bicyclic) bond motifs is 1. The van der Waals surface area contributed by atoms with E-state index < -0.39 is 0 Å². The van der Waals surface area contributed by atoms with Crippen LogP contribution in [0.5, 0.6) is 0 Å². The lowest BCUT2D eigenvalue weighted by Gasteiger charge is -2.01. The van der Waals surface area contributed by atoms with Crippen molar-refractivity contribution in [3.63, 3.8) is 0 Å². The maximum absolute atomic E-state index is 10.7. The summed E-state index contributed by atoms with van der Waals surface area (Å²) in [6, 6.07) is 33.8. The van der Waals surface area contributed by atoms with Gasteiger partial charge in [-0.25, -0.2) is 4.98 Å². The highest BCUT2D eigenvalue weighted by molar-refractivity contribution is 6.33. The summed E-state index contributed by atoms with van der Waals surface area (Å²) >= 11 is 0. The summed E-state index contributed by atoms with van der Waals surface area (Å²) in [7, 11) is 0. The van der Waals surface area contributed by atoms with Crippen LogP contribution in [-0.4, -0.2) is 26.8 Å². The predicted octanol–water partition coefficient (Wildman–Crippen LogP) is 7.24. The van der Waals surface area contributed by atoms with E-state index in [4.69, 9.17) is 16.3 Å². The second kappa shape index (κ2) is 18.4. The topological polar surface area (TPSA) is 116 Å². The maximum atomic E-state index is 10.7. The van der Waals surface area contributed by atoms with E-state index in [1.807, 2.05) is 107 Å². The van der Waals surface area contributed by atoms with Crippen molar-refractivity contribution in [3.05, 3.63) is 121 Å². The van der Waals surface area contributed by atoms with Crippen LogP contribution in [-0.2, 0) is 0 Å². The fraction of sp³-hybridized carbons (Fsp3) is 0.125. The first-order valence-corrected chi connectivity index (χ1v) is 12.5. The number of nitrogen functional groups attached to an aromatic ring is 2. The molecule has 5 rings (SSSR count). The van der Waals surface area contributed by atoms with E-state index in [1.54, 1.807) is 36.4 Å². The number of carbonyl (C=O) groups excluding carboxylic acids is 2. The number of anilines is 2. The van der Waals surface area contributed by atoms with Gasteiger partial charge in [0.1, 0.15) is 0 Å². The fourth-order valence-corrected chi connectivity index (χ4v) is 2.89. The van der Waals surface area contributed by atoms with Crippen LogP contribution in [0.2, 0.25) is 0 Å². The lowest BCUT2D eigenvalue weighted by atomic mass is 10.1. The van der Waals surface area contributed by atoms with E-state index in [2.05, 4.69) is 9.97 Å². The molecule has 0 atom stereocenters. The van der Waals surface area contributed by atoms with Crippen molar-refractivity contribution >= 4 is 34.5 Å². The maximum Gasteiger partial charge on any atom is 0.352 e. The van der Waals surface area contributed by atoms with Crippen molar-refractivity contribution in [1.29, 1.82) is 0 Å². The molecule has 1 heterocycles. The minimum absolute atomic E-state index is 0.361. The Morgan fingerprint density at radius 3 is 1.61 bits per heavy atom. The zero-order chi connectivity index (χ0) is 28.2. The third kappa shape index (κ3) is 10.4. The molecule has 0 aliphatic rings. The van der Waals surface area contributed by atoms with Gasteiger partial charge in [-0.2, -0.15) is 0 Å². The number of aldehydes is 1. The monoisotopic (exact) mass is 509 g/mol. The first kappa shape index (κ1) is 31.2. The van der Waals surface area contributed by atoms with Gasteiger partial charge in [-0.1, -0.05) is 113 Å². The smallest absolute Gasteiger partial charge is 0.352 e. The van der Waals surface area contributed by atoms with Gasteiger partial charge in [0, 0.05) is 11.1 Å². The van der Waals surface area contributed by atoms with Crippen LogP contribution in [0, 0.1) is 0 Å². The van der Waals surface area contributed by atoms with E-state index in [1.165, 1.54) is 0 Å². The average molecular weight is 510 g/mol. The Kier molecular flexibility index (Phi) is 15.1. The number of benzene rings is 4. The zero-order valence-electron chi connectivity index (χ0n) is 22.5. The van der Waals surface area contributed by atoms with Crippen LogP contribution >= 0.6 is 0 Å². The number of para-hydroxylation sites is 4. The molecule has 38 heavy (non-hydrogen) atoms. The van der Waals surface area contributed by atoms with Gasteiger partial charge in [-0.3, -0.25) is 14.6 Å². The molecule has 4 aromatic carbocycles. The van der Waals surface area contributed by atoms with Gasteiger partial charge in [0.25, 0.3) is 5.78 Å². The molecule has 196 valence electrons. The van der Waals surface area contributed by atoms with E-state index in [9.17, 15) is 4.79 Å². The van der Waals surface area contributed by atoms with E-state index in [0.29, 0.717) is 23.2 Å². The number of hydrogen-bond donors (Lipinski definition) is 2. The third-order valence-corrected chi connectivity index (χ3v) is 4.69. The number of hydrogen-bond acceptors (Lipinski definition) is 5. The highest BCUT2D eigenvalue weighted by atomic mass is 16.2. The Hall–Kier alpha value is -4.84. The molecule has 0 aliphatic carbocycles. The van der Waals surface area contributed by atoms with E-state index in [-0.39, 0.29) is 5.78 Å². The van der Waals surface area contributed by atoms with Gasteiger partial charge in [-0.05, 0) is 24.3 Å². The van der Waals surface area contributed by atoms with Crippen molar-refractivity contribution in [1.82, 2.24) is 9.97 Å². The molecule has 0 fully saturated rings. The minimum Gasteiger partial charge on any atom is -0.397 e. The molecule has 0 spiro atoms. The molecular formula is C32H37N4O2+. The standard InChI is InChI=1S/C14H10N2.C8H6O2.C6H8N2.2C2H6/c1-2-6-11(7-3-1)14-10-15-12-8-4-5-9-13(12)16-14;9-6-8(10)7-4-2-1-3-5-7;7-5-3-1-2-4-6(5)8;2*1-2/h1-10H;1-6H;1-4H,7-8H2;2*1-2H3/p+1. The van der Waals surface area contributed by atoms with Crippen LogP contribution in [0.1, 0.15) is 38.1 Å². The quantitative estimate of drug-likeness (QED) is 0.0874. The average Bonchev–Trinajstić information content (AvgIpc) is 3.01. The van der Waals surface area contributed by atoms with Gasteiger partial charge in [-0.15, -0.1) is 0 Å². The highest BCUT2D eigenvalue weighted by Crippen LogP contribution is 2.18. The van der Waals surface area contributed by atoms with Gasteiger partial charge >= 0.3 is 6.29 Å². The number of aromatic nitrogens is 2. The Labute approximate surface area is 225 Å². The summed E-state index contributed by atoms with van der Waals surface area (Å²) in [5, 5.41) is 0. The SMILES string of the molecule is CC.CC.Nc1ccccc1N.O=C(C=[OH+])c1ccccc1.c1ccc(-c2cnc3ccccc3n2)cc1. The Morgan fingerprint density at radius 2 is 1.11 bits per heavy atom. The minimum atomic E-state index is -0.361. The lowest BCUT2D eigenvalue weighted by molar-refractivity contribution is 0.106. The van der Waals surface area contributed by atoms with Crippen molar-refractivity contribution in [3.8, 4) is 11.3 Å². The number of nitrogens with two attached hydrogens (primary N) is 2. The molecule has 0 unspecified atom stereocenters. The second-order valence-electron chi connectivity index (χ2n) is 7.10. The third-order valence-electron chi connectivity index (χ3n) is 4.69. The van der Waals surface area contributed by atoms with Crippen molar-refractivity contribution in [2.75, 3.05) is 11.5 Å². The van der Waals surface area contributed by atoms with Crippen molar-refractivity contribution in [2.45, 2.75) is 27.7 Å². The molecule has 6 heteroatoms. The number of ketones is 1. The molecular weight excluding hydrogens is 472 g/mol. The molecule has 6 nitrogen and oxygen atoms in total. The lowest BCUT2D eigenvalue weighted by Crippen LogP contribution is -1.98. The molecule has 0 saturated carbocycles. The van der Waals surface area contributed by atoms with Crippen molar-refractivity contribution in [2.24, 2.45) is 0 Å². The molecule has 0 bridgehead atoms. The Bertz CT molecular complexity index is 1340. The molecule has 0 amide bonds. The van der Waals surface area contributed by atoms with Crippen molar-refractivity contribution < 1.29 is 9.59 Å². The van der Waals surface area contributed by atoms with Gasteiger partial charge in [0.2, 0.25) is 0 Å². The summed E-state index contributed by atoms with van der Waals surface area (Å²) in [6.07, 6.45) is 2.38. The van der Waals surface area contributed by atoms with Gasteiger partial charge < -0.3 is 11.5 Å². The Balaban J connectivity index is 0.000000285. The van der Waals surface area contributed by atoms with Crippen LogP contribution in [0.3, 0.4) is 0 Å². The predicted molar refractivity (Wildman–Crippen MR) is 162 cm³/mol. The summed E-state index contributed by atoms with van der Waals surface area (Å²) in [6.45, 7) is 8.00. The molecule has 0 radical (unpaired) electrons. The first-order chi connectivity index (χ1) is 18.6.